The number of carbonyl (C=O) groups is 2. The Hall–Kier alpha value is -4.10. The van der Waals surface area contributed by atoms with Gasteiger partial charge in [0.15, 0.2) is 23.7 Å². The third-order valence-corrected chi connectivity index (χ3v) is 8.44. The molecule has 7 nitrogen and oxygen atoms in total. The van der Waals surface area contributed by atoms with Crippen LogP contribution in [0.1, 0.15) is 55.3 Å². The summed E-state index contributed by atoms with van der Waals surface area (Å²) in [5, 5.41) is 0. The van der Waals surface area contributed by atoms with Crippen molar-refractivity contribution in [3.05, 3.63) is 106 Å². The first-order chi connectivity index (χ1) is 19.0. The molecule has 0 radical (unpaired) electrons. The smallest absolute Gasteiger partial charge is 0.339 e. The first-order valence-electron chi connectivity index (χ1n) is 13.4. The molecule has 0 aromatic heterocycles. The first-order valence-corrected chi connectivity index (χ1v) is 13.4. The molecule has 0 spiro atoms. The maximum atomic E-state index is 13.6. The van der Waals surface area contributed by atoms with Gasteiger partial charge in [-0.25, -0.2) is 9.59 Å². The van der Waals surface area contributed by atoms with E-state index in [0.29, 0.717) is 16.9 Å². The molecule has 3 aromatic rings. The molecule has 0 bridgehead atoms. The Balaban J connectivity index is 1.32. The predicted molar refractivity (Wildman–Crippen MR) is 143 cm³/mol. The van der Waals surface area contributed by atoms with Crippen LogP contribution < -0.4 is 9.47 Å². The van der Waals surface area contributed by atoms with E-state index in [4.69, 9.17) is 18.9 Å². The molecule has 1 fully saturated rings. The third-order valence-electron chi connectivity index (χ3n) is 8.44. The van der Waals surface area contributed by atoms with Crippen molar-refractivity contribution in [2.75, 3.05) is 13.3 Å². The van der Waals surface area contributed by atoms with Gasteiger partial charge in [0.05, 0.1) is 11.1 Å². The van der Waals surface area contributed by atoms with E-state index in [-0.39, 0.29) is 18.8 Å². The molecule has 3 heterocycles. The molecular formula is C32H29NO6. The standard InChI is InChI=1S/C32H29NO6/c1-18-7-3-5-9-22(18)31(34)38-27-13-20-11-12-33-16-21-14-25-26(37-17-36-25)15-24(21)28(29(20)33)30(27)39-32(35)23-10-6-4-8-19(23)2/h3-10,13-15,27-30H,11-12,16-17H2,1-2H3/t27-,28-,29+,30+/m0/s1. The Morgan fingerprint density at radius 3 is 2.21 bits per heavy atom. The zero-order valence-electron chi connectivity index (χ0n) is 21.9. The van der Waals surface area contributed by atoms with Crippen LogP contribution in [0.3, 0.4) is 0 Å². The topological polar surface area (TPSA) is 74.3 Å². The lowest BCUT2D eigenvalue weighted by molar-refractivity contribution is -0.0444. The summed E-state index contributed by atoms with van der Waals surface area (Å²) in [6, 6.07) is 18.9. The molecule has 1 saturated heterocycles. The van der Waals surface area contributed by atoms with E-state index in [9.17, 15) is 9.59 Å². The average molecular weight is 524 g/mol. The van der Waals surface area contributed by atoms with E-state index in [2.05, 4.69) is 4.90 Å². The summed E-state index contributed by atoms with van der Waals surface area (Å²) in [7, 11) is 0. The minimum Gasteiger partial charge on any atom is -0.454 e. The number of benzene rings is 3. The van der Waals surface area contributed by atoms with Gasteiger partial charge in [-0.15, -0.1) is 0 Å². The lowest BCUT2D eigenvalue weighted by Gasteiger charge is -2.46. The van der Waals surface area contributed by atoms with Crippen LogP contribution in [0.2, 0.25) is 0 Å². The predicted octanol–water partition coefficient (Wildman–Crippen LogP) is 5.09. The fourth-order valence-corrected chi connectivity index (χ4v) is 6.53. The Morgan fingerprint density at radius 2 is 1.51 bits per heavy atom. The number of hydrogen-bond donors (Lipinski definition) is 0. The number of rotatable bonds is 4. The number of nitrogens with zero attached hydrogens (tertiary/aromatic N) is 1. The third kappa shape index (κ3) is 4.00. The van der Waals surface area contributed by atoms with Crippen molar-refractivity contribution in [1.82, 2.24) is 4.90 Å². The highest BCUT2D eigenvalue weighted by Crippen LogP contribution is 2.51. The minimum atomic E-state index is -0.738. The Bertz CT molecular complexity index is 1530. The van der Waals surface area contributed by atoms with Crippen LogP contribution in [0.15, 0.2) is 72.3 Å². The van der Waals surface area contributed by atoms with Gasteiger partial charge in [-0.3, -0.25) is 4.90 Å². The van der Waals surface area contributed by atoms with Crippen molar-refractivity contribution in [2.45, 2.75) is 51.0 Å². The number of ether oxygens (including phenoxy) is 4. The normalized spacial score (nSPS) is 24.4. The fourth-order valence-electron chi connectivity index (χ4n) is 6.53. The van der Waals surface area contributed by atoms with Gasteiger partial charge >= 0.3 is 11.9 Å². The molecule has 0 N–H and O–H groups in total. The monoisotopic (exact) mass is 523 g/mol. The van der Waals surface area contributed by atoms with Gasteiger partial charge in [0.2, 0.25) is 6.79 Å². The van der Waals surface area contributed by atoms with Gasteiger partial charge in [0.25, 0.3) is 0 Å². The summed E-state index contributed by atoms with van der Waals surface area (Å²) in [6.45, 7) is 5.62. The van der Waals surface area contributed by atoms with Crippen LogP contribution >= 0.6 is 0 Å². The van der Waals surface area contributed by atoms with Crippen LogP contribution in [0, 0.1) is 13.8 Å². The second kappa shape index (κ2) is 9.27. The zero-order chi connectivity index (χ0) is 26.7. The molecule has 0 saturated carbocycles. The molecule has 0 amide bonds. The first kappa shape index (κ1) is 24.0. The molecule has 7 rings (SSSR count). The molecule has 4 atom stereocenters. The molecule has 0 unspecified atom stereocenters. The van der Waals surface area contributed by atoms with Crippen LogP contribution in [-0.4, -0.2) is 48.4 Å². The maximum absolute atomic E-state index is 13.6. The van der Waals surface area contributed by atoms with Crippen molar-refractivity contribution in [2.24, 2.45) is 0 Å². The van der Waals surface area contributed by atoms with Crippen molar-refractivity contribution >= 4 is 11.9 Å². The van der Waals surface area contributed by atoms with Crippen molar-refractivity contribution in [1.29, 1.82) is 0 Å². The summed E-state index contributed by atoms with van der Waals surface area (Å²) in [5.74, 6) is 0.335. The van der Waals surface area contributed by atoms with Gasteiger partial charge in [-0.05, 0) is 72.9 Å². The molecule has 4 aliphatic rings. The molecule has 1 aliphatic carbocycles. The molecule has 39 heavy (non-hydrogen) atoms. The molecular weight excluding hydrogens is 494 g/mol. The second-order valence-corrected chi connectivity index (χ2v) is 10.7. The van der Waals surface area contributed by atoms with E-state index >= 15 is 0 Å². The van der Waals surface area contributed by atoms with E-state index < -0.39 is 24.1 Å². The van der Waals surface area contributed by atoms with Gasteiger partial charge in [0, 0.05) is 25.0 Å². The van der Waals surface area contributed by atoms with E-state index in [0.717, 1.165) is 47.5 Å². The average Bonchev–Trinajstić information content (AvgIpc) is 3.56. The number of esters is 2. The van der Waals surface area contributed by atoms with Crippen LogP contribution in [0.5, 0.6) is 11.5 Å². The number of aryl methyl sites for hydroxylation is 2. The molecule has 3 aromatic carbocycles. The van der Waals surface area contributed by atoms with Gasteiger partial charge in [-0.2, -0.15) is 0 Å². The highest BCUT2D eigenvalue weighted by Gasteiger charge is 2.52. The Morgan fingerprint density at radius 1 is 0.872 bits per heavy atom. The summed E-state index contributed by atoms with van der Waals surface area (Å²) in [6.07, 6.45) is 1.43. The SMILES string of the molecule is Cc1ccccc1C(=O)O[C@H]1[C@H]2c3cc4c(cc3CN3CCC(=C[C@@H]1OC(=O)c1ccccc1C)[C@H]23)OCO4. The van der Waals surface area contributed by atoms with Crippen LogP contribution in [0.25, 0.3) is 0 Å². The molecule has 198 valence electrons. The highest BCUT2D eigenvalue weighted by atomic mass is 16.7. The van der Waals surface area contributed by atoms with Crippen molar-refractivity contribution < 1.29 is 28.5 Å². The van der Waals surface area contributed by atoms with Gasteiger partial charge < -0.3 is 18.9 Å². The maximum Gasteiger partial charge on any atom is 0.339 e. The van der Waals surface area contributed by atoms with Gasteiger partial charge in [-0.1, -0.05) is 42.0 Å². The largest absolute Gasteiger partial charge is 0.454 e. The second-order valence-electron chi connectivity index (χ2n) is 10.7. The lowest BCUT2D eigenvalue weighted by Crippen LogP contribution is -2.52. The van der Waals surface area contributed by atoms with E-state index in [1.807, 2.05) is 68.5 Å². The Kier molecular flexibility index (Phi) is 5.70. The van der Waals surface area contributed by atoms with Crippen molar-refractivity contribution in [3.63, 3.8) is 0 Å². The Labute approximate surface area is 226 Å². The van der Waals surface area contributed by atoms with Crippen molar-refractivity contribution in [3.8, 4) is 11.5 Å². The summed E-state index contributed by atoms with van der Waals surface area (Å²) in [4.78, 5) is 29.4. The highest BCUT2D eigenvalue weighted by molar-refractivity contribution is 5.92. The number of carbonyl (C=O) groups excluding carboxylic acids is 2. The number of fused-ring (bicyclic) bond motifs is 3. The van der Waals surface area contributed by atoms with Gasteiger partial charge in [0.1, 0.15) is 0 Å². The van der Waals surface area contributed by atoms with E-state index in [1.165, 1.54) is 5.57 Å². The number of hydrogen-bond acceptors (Lipinski definition) is 7. The van der Waals surface area contributed by atoms with E-state index in [1.54, 1.807) is 12.1 Å². The lowest BCUT2D eigenvalue weighted by atomic mass is 9.73. The molecule has 3 aliphatic heterocycles. The van der Waals surface area contributed by atoms with Crippen LogP contribution in [0.4, 0.5) is 0 Å². The molecule has 7 heteroatoms. The minimum absolute atomic E-state index is 0.0564. The fraction of sp³-hybridized carbons (Fsp3) is 0.312. The quantitative estimate of drug-likeness (QED) is 0.348. The summed E-state index contributed by atoms with van der Waals surface area (Å²) >= 11 is 0. The zero-order valence-corrected chi connectivity index (χ0v) is 21.9. The summed E-state index contributed by atoms with van der Waals surface area (Å²) in [5.41, 5.74) is 6.05. The summed E-state index contributed by atoms with van der Waals surface area (Å²) < 4.78 is 23.9. The van der Waals surface area contributed by atoms with Crippen LogP contribution in [-0.2, 0) is 16.0 Å².